The van der Waals surface area contributed by atoms with Crippen LogP contribution in [-0.4, -0.2) is 24.8 Å². The van der Waals surface area contributed by atoms with Crippen LogP contribution < -0.4 is 5.32 Å². The van der Waals surface area contributed by atoms with E-state index in [4.69, 9.17) is 4.74 Å². The number of nitrogens with one attached hydrogen (secondary N) is 1. The maximum absolute atomic E-state index is 5.71. The van der Waals surface area contributed by atoms with Crippen LogP contribution in [-0.2, 0) is 4.74 Å². The van der Waals surface area contributed by atoms with Gasteiger partial charge in [-0.15, -0.1) is 0 Å². The minimum absolute atomic E-state index is 0.0267. The maximum Gasteiger partial charge on any atom is 0.0750 e. The van der Waals surface area contributed by atoms with Crippen LogP contribution >= 0.6 is 0 Å². The first-order valence-corrected chi connectivity index (χ1v) is 6.82. The highest BCUT2D eigenvalue weighted by Gasteiger charge is 2.26. The number of hydrogen-bond acceptors (Lipinski definition) is 2. The third kappa shape index (κ3) is 4.42. The quantitative estimate of drug-likeness (QED) is 0.778. The molecule has 0 heterocycles. The van der Waals surface area contributed by atoms with Crippen LogP contribution in [0.25, 0.3) is 0 Å². The molecule has 1 aliphatic rings. The molecular weight excluding hydrogens is 198 g/mol. The van der Waals surface area contributed by atoms with Crippen molar-refractivity contribution < 1.29 is 4.74 Å². The molecule has 2 heteroatoms. The first-order chi connectivity index (χ1) is 7.44. The summed E-state index contributed by atoms with van der Waals surface area (Å²) < 4.78 is 5.71. The van der Waals surface area contributed by atoms with Gasteiger partial charge in [0.1, 0.15) is 0 Å². The highest BCUT2D eigenvalue weighted by Crippen LogP contribution is 2.29. The Balaban J connectivity index is 2.28. The molecule has 3 atom stereocenters. The largest absolute Gasteiger partial charge is 0.375 e. The van der Waals surface area contributed by atoms with Gasteiger partial charge in [0.25, 0.3) is 0 Å². The normalized spacial score (nSPS) is 31.7. The average molecular weight is 227 g/mol. The number of rotatable bonds is 5. The van der Waals surface area contributed by atoms with E-state index in [-0.39, 0.29) is 5.60 Å². The van der Waals surface area contributed by atoms with Gasteiger partial charge in [0.05, 0.1) is 5.60 Å². The molecular formula is C14H29NO. The van der Waals surface area contributed by atoms with Crippen molar-refractivity contribution in [1.29, 1.82) is 0 Å². The Hall–Kier alpha value is -0.0800. The summed E-state index contributed by atoms with van der Waals surface area (Å²) in [5.41, 5.74) is -0.0267. The Labute approximate surface area is 101 Å². The van der Waals surface area contributed by atoms with E-state index in [1.807, 2.05) is 0 Å². The lowest BCUT2D eigenvalue weighted by Gasteiger charge is -2.35. The molecule has 0 bridgehead atoms. The molecule has 0 aliphatic heterocycles. The van der Waals surface area contributed by atoms with Gasteiger partial charge in [0.15, 0.2) is 0 Å². The van der Waals surface area contributed by atoms with E-state index < -0.39 is 0 Å². The molecule has 2 nitrogen and oxygen atoms in total. The van der Waals surface area contributed by atoms with E-state index in [1.54, 1.807) is 0 Å². The molecule has 0 spiro atoms. The highest BCUT2D eigenvalue weighted by molar-refractivity contribution is 4.82. The van der Waals surface area contributed by atoms with Crippen LogP contribution in [0.2, 0.25) is 0 Å². The summed E-state index contributed by atoms with van der Waals surface area (Å²) in [6.45, 7) is 12.9. The van der Waals surface area contributed by atoms with Crippen molar-refractivity contribution in [2.45, 2.75) is 65.5 Å². The first kappa shape index (κ1) is 14.0. The summed E-state index contributed by atoms with van der Waals surface area (Å²) in [6, 6.07) is 0.700. The van der Waals surface area contributed by atoms with Gasteiger partial charge in [-0.3, -0.25) is 0 Å². The van der Waals surface area contributed by atoms with Crippen LogP contribution in [0.1, 0.15) is 53.9 Å². The standard InChI is InChI=1S/C14H29NO/c1-6-16-14(4,5)10-15-13-8-7-11(2)12(3)9-13/h11-13,15H,6-10H2,1-5H3. The molecule has 1 rings (SSSR count). The Kier molecular flexibility index (Phi) is 5.26. The predicted molar refractivity (Wildman–Crippen MR) is 69.7 cm³/mol. The second-order valence-corrected chi connectivity index (χ2v) is 6.04. The Morgan fingerprint density at radius 2 is 1.88 bits per heavy atom. The Bertz CT molecular complexity index is 203. The summed E-state index contributed by atoms with van der Waals surface area (Å²) in [5.74, 6) is 1.76. The lowest BCUT2D eigenvalue weighted by atomic mass is 9.79. The van der Waals surface area contributed by atoms with Crippen molar-refractivity contribution in [3.05, 3.63) is 0 Å². The van der Waals surface area contributed by atoms with Crippen molar-refractivity contribution in [3.8, 4) is 0 Å². The van der Waals surface area contributed by atoms with Gasteiger partial charge in [0, 0.05) is 19.2 Å². The fourth-order valence-corrected chi connectivity index (χ4v) is 2.56. The zero-order valence-corrected chi connectivity index (χ0v) is 11.7. The lowest BCUT2D eigenvalue weighted by Crippen LogP contribution is -2.44. The van der Waals surface area contributed by atoms with E-state index in [1.165, 1.54) is 19.3 Å². The SMILES string of the molecule is CCOC(C)(C)CNC1CCC(C)C(C)C1. The van der Waals surface area contributed by atoms with Crippen LogP contribution in [0.4, 0.5) is 0 Å². The second-order valence-electron chi connectivity index (χ2n) is 6.04. The topological polar surface area (TPSA) is 21.3 Å². The maximum atomic E-state index is 5.71. The molecule has 1 N–H and O–H groups in total. The van der Waals surface area contributed by atoms with Gasteiger partial charge in [-0.2, -0.15) is 0 Å². The summed E-state index contributed by atoms with van der Waals surface area (Å²) in [5, 5.41) is 3.67. The molecule has 1 saturated carbocycles. The summed E-state index contributed by atoms with van der Waals surface area (Å²) >= 11 is 0. The van der Waals surface area contributed by atoms with E-state index in [9.17, 15) is 0 Å². The van der Waals surface area contributed by atoms with Gasteiger partial charge in [-0.05, 0) is 51.9 Å². The van der Waals surface area contributed by atoms with E-state index in [0.29, 0.717) is 6.04 Å². The molecule has 16 heavy (non-hydrogen) atoms. The van der Waals surface area contributed by atoms with Crippen molar-refractivity contribution in [2.24, 2.45) is 11.8 Å². The second kappa shape index (κ2) is 6.02. The zero-order chi connectivity index (χ0) is 12.2. The molecule has 0 amide bonds. The van der Waals surface area contributed by atoms with Crippen LogP contribution in [0.3, 0.4) is 0 Å². The number of hydrogen-bond donors (Lipinski definition) is 1. The minimum Gasteiger partial charge on any atom is -0.375 e. The Morgan fingerprint density at radius 1 is 1.19 bits per heavy atom. The van der Waals surface area contributed by atoms with Crippen molar-refractivity contribution in [3.63, 3.8) is 0 Å². The monoisotopic (exact) mass is 227 g/mol. The molecule has 0 aromatic carbocycles. The Morgan fingerprint density at radius 3 is 2.44 bits per heavy atom. The molecule has 1 aliphatic carbocycles. The van der Waals surface area contributed by atoms with Crippen molar-refractivity contribution in [1.82, 2.24) is 5.32 Å². The molecule has 3 unspecified atom stereocenters. The predicted octanol–water partition coefficient (Wildman–Crippen LogP) is 3.22. The third-order valence-corrected chi connectivity index (χ3v) is 3.95. The minimum atomic E-state index is -0.0267. The van der Waals surface area contributed by atoms with Gasteiger partial charge >= 0.3 is 0 Å². The summed E-state index contributed by atoms with van der Waals surface area (Å²) in [6.07, 6.45) is 4.02. The molecule has 0 aromatic heterocycles. The van der Waals surface area contributed by atoms with Gasteiger partial charge in [-0.25, -0.2) is 0 Å². The van der Waals surface area contributed by atoms with Crippen molar-refractivity contribution >= 4 is 0 Å². The summed E-state index contributed by atoms with van der Waals surface area (Å²) in [4.78, 5) is 0. The lowest BCUT2D eigenvalue weighted by molar-refractivity contribution is -0.0122. The van der Waals surface area contributed by atoms with Crippen LogP contribution in [0, 0.1) is 11.8 Å². The van der Waals surface area contributed by atoms with Gasteiger partial charge in [0.2, 0.25) is 0 Å². The number of ether oxygens (including phenoxy) is 1. The zero-order valence-electron chi connectivity index (χ0n) is 11.7. The molecule has 0 saturated heterocycles. The van der Waals surface area contributed by atoms with Crippen molar-refractivity contribution in [2.75, 3.05) is 13.2 Å². The van der Waals surface area contributed by atoms with E-state index in [2.05, 4.69) is 39.9 Å². The molecule has 96 valence electrons. The highest BCUT2D eigenvalue weighted by atomic mass is 16.5. The smallest absolute Gasteiger partial charge is 0.0750 e. The first-order valence-electron chi connectivity index (χ1n) is 6.82. The van der Waals surface area contributed by atoms with E-state index in [0.717, 1.165) is 25.0 Å². The van der Waals surface area contributed by atoms with Crippen LogP contribution in [0.5, 0.6) is 0 Å². The fourth-order valence-electron chi connectivity index (χ4n) is 2.56. The summed E-state index contributed by atoms with van der Waals surface area (Å²) in [7, 11) is 0. The van der Waals surface area contributed by atoms with Crippen LogP contribution in [0.15, 0.2) is 0 Å². The van der Waals surface area contributed by atoms with E-state index >= 15 is 0 Å². The van der Waals surface area contributed by atoms with Gasteiger partial charge in [-0.1, -0.05) is 13.8 Å². The van der Waals surface area contributed by atoms with Gasteiger partial charge < -0.3 is 10.1 Å². The molecule has 0 aromatic rings. The molecule has 0 radical (unpaired) electrons. The fraction of sp³-hybridized carbons (Fsp3) is 1.00. The average Bonchev–Trinajstić information content (AvgIpc) is 2.20. The third-order valence-electron chi connectivity index (χ3n) is 3.95. The molecule has 1 fully saturated rings.